The molecule has 1 atom stereocenters. The first-order valence-corrected chi connectivity index (χ1v) is 8.73. The van der Waals surface area contributed by atoms with Crippen molar-refractivity contribution in [2.24, 2.45) is 0 Å². The zero-order valence-corrected chi connectivity index (χ0v) is 14.8. The smallest absolute Gasteiger partial charge is 0.242 e. The van der Waals surface area contributed by atoms with Crippen LogP contribution in [0.5, 0.6) is 0 Å². The fourth-order valence-corrected chi connectivity index (χ4v) is 3.84. The molecule has 3 nitrogen and oxygen atoms in total. The van der Waals surface area contributed by atoms with Gasteiger partial charge in [0.1, 0.15) is 5.41 Å². The Kier molecular flexibility index (Phi) is 4.72. The van der Waals surface area contributed by atoms with Crippen LogP contribution in [0.1, 0.15) is 30.9 Å². The second-order valence-electron chi connectivity index (χ2n) is 6.76. The zero-order valence-electron chi connectivity index (χ0n) is 14.8. The minimum absolute atomic E-state index is 0.219. The van der Waals surface area contributed by atoms with Crippen LogP contribution in [0, 0.1) is 0 Å². The Balaban J connectivity index is 2.04. The molecule has 2 aromatic rings. The molecule has 0 aromatic heterocycles. The van der Waals surface area contributed by atoms with Gasteiger partial charge >= 0.3 is 0 Å². The van der Waals surface area contributed by atoms with Gasteiger partial charge in [-0.05, 0) is 50.7 Å². The van der Waals surface area contributed by atoms with E-state index >= 15 is 0 Å². The molecular weight excluding hydrogens is 296 g/mol. The molecule has 1 aliphatic rings. The van der Waals surface area contributed by atoms with Crippen molar-refractivity contribution in [3.8, 4) is 0 Å². The monoisotopic (exact) mass is 322 g/mol. The van der Waals surface area contributed by atoms with Crippen molar-refractivity contribution >= 4 is 11.6 Å². The third kappa shape index (κ3) is 2.63. The van der Waals surface area contributed by atoms with E-state index < -0.39 is 5.41 Å². The molecule has 0 fully saturated rings. The van der Waals surface area contributed by atoms with Gasteiger partial charge in [-0.3, -0.25) is 4.79 Å². The van der Waals surface area contributed by atoms with Crippen molar-refractivity contribution in [3.05, 3.63) is 65.7 Å². The number of hydrogen-bond donors (Lipinski definition) is 0. The molecule has 126 valence electrons. The molecule has 3 heteroatoms. The predicted octanol–water partition coefficient (Wildman–Crippen LogP) is 3.68. The summed E-state index contributed by atoms with van der Waals surface area (Å²) in [7, 11) is 4.14. The Morgan fingerprint density at radius 3 is 2.33 bits per heavy atom. The lowest BCUT2D eigenvalue weighted by Crippen LogP contribution is -2.41. The second-order valence-corrected chi connectivity index (χ2v) is 6.76. The summed E-state index contributed by atoms with van der Waals surface area (Å²) < 4.78 is 0. The van der Waals surface area contributed by atoms with E-state index in [2.05, 4.69) is 50.2 Å². The summed E-state index contributed by atoms with van der Waals surface area (Å²) in [6, 6.07) is 18.5. The highest BCUT2D eigenvalue weighted by Gasteiger charge is 2.50. The average molecular weight is 322 g/mol. The predicted molar refractivity (Wildman–Crippen MR) is 99.5 cm³/mol. The van der Waals surface area contributed by atoms with Crippen LogP contribution in [0.25, 0.3) is 0 Å². The number of carbonyl (C=O) groups excluding carboxylic acids is 1. The number of fused-ring (bicyclic) bond motifs is 1. The fourth-order valence-electron chi connectivity index (χ4n) is 3.84. The highest BCUT2D eigenvalue weighted by Crippen LogP contribution is 2.48. The van der Waals surface area contributed by atoms with Crippen LogP contribution in [0.2, 0.25) is 0 Å². The van der Waals surface area contributed by atoms with Gasteiger partial charge in [0.05, 0.1) is 0 Å². The lowest BCUT2D eigenvalue weighted by Gasteiger charge is -2.28. The van der Waals surface area contributed by atoms with Crippen molar-refractivity contribution in [2.45, 2.75) is 25.2 Å². The molecule has 24 heavy (non-hydrogen) atoms. The van der Waals surface area contributed by atoms with Gasteiger partial charge in [-0.2, -0.15) is 0 Å². The van der Waals surface area contributed by atoms with Gasteiger partial charge in [0.25, 0.3) is 0 Å². The van der Waals surface area contributed by atoms with Gasteiger partial charge < -0.3 is 9.80 Å². The summed E-state index contributed by atoms with van der Waals surface area (Å²) in [5, 5.41) is 0. The molecule has 0 saturated carbocycles. The number of nitrogens with zero attached hydrogens (tertiary/aromatic N) is 2. The molecule has 2 aromatic carbocycles. The highest BCUT2D eigenvalue weighted by molar-refractivity contribution is 6.10. The Morgan fingerprint density at radius 2 is 1.67 bits per heavy atom. The van der Waals surface area contributed by atoms with Gasteiger partial charge in [-0.1, -0.05) is 55.5 Å². The summed E-state index contributed by atoms with van der Waals surface area (Å²) in [5.41, 5.74) is 2.77. The van der Waals surface area contributed by atoms with Gasteiger partial charge in [0.15, 0.2) is 0 Å². The molecule has 0 aliphatic carbocycles. The maximum absolute atomic E-state index is 13.5. The van der Waals surface area contributed by atoms with E-state index in [-0.39, 0.29) is 5.91 Å². The number of benzene rings is 2. The van der Waals surface area contributed by atoms with Gasteiger partial charge in [0, 0.05) is 12.2 Å². The van der Waals surface area contributed by atoms with Gasteiger partial charge in [-0.25, -0.2) is 0 Å². The summed E-state index contributed by atoms with van der Waals surface area (Å²) in [6.45, 7) is 3.87. The molecule has 1 unspecified atom stereocenters. The molecule has 0 N–H and O–H groups in total. The first-order chi connectivity index (χ1) is 11.6. The van der Waals surface area contributed by atoms with Gasteiger partial charge in [0.2, 0.25) is 5.91 Å². The van der Waals surface area contributed by atoms with Crippen molar-refractivity contribution in [1.29, 1.82) is 0 Å². The average Bonchev–Trinajstić information content (AvgIpc) is 2.85. The Hall–Kier alpha value is -2.13. The molecule has 1 aliphatic heterocycles. The molecule has 1 amide bonds. The second kappa shape index (κ2) is 6.78. The minimum Gasteiger partial charge on any atom is -0.311 e. The molecule has 3 rings (SSSR count). The van der Waals surface area contributed by atoms with E-state index in [0.29, 0.717) is 0 Å². The SMILES string of the molecule is CCC1(c2ccccc2)C(=O)N(CCCN(C)C)c2ccccc21. The standard InChI is InChI=1S/C21H26N2O/c1-4-21(17-11-6-5-7-12-17)18-13-8-9-14-19(18)23(20(21)24)16-10-15-22(2)3/h5-9,11-14H,4,10,15-16H2,1-3H3. The van der Waals surface area contributed by atoms with Crippen LogP contribution in [0.4, 0.5) is 5.69 Å². The molecule has 0 spiro atoms. The van der Waals surface area contributed by atoms with Crippen LogP contribution in [0.3, 0.4) is 0 Å². The normalized spacial score (nSPS) is 19.8. The number of anilines is 1. The largest absolute Gasteiger partial charge is 0.311 e. The van der Waals surface area contributed by atoms with Crippen molar-refractivity contribution in [2.75, 3.05) is 32.1 Å². The number of rotatable bonds is 6. The Labute approximate surface area is 144 Å². The van der Waals surface area contributed by atoms with Crippen LogP contribution in [-0.4, -0.2) is 38.0 Å². The number of carbonyl (C=O) groups is 1. The van der Waals surface area contributed by atoms with E-state index in [1.165, 1.54) is 0 Å². The van der Waals surface area contributed by atoms with Crippen molar-refractivity contribution < 1.29 is 4.79 Å². The maximum atomic E-state index is 13.5. The lowest BCUT2D eigenvalue weighted by molar-refractivity contribution is -0.122. The first kappa shape index (κ1) is 16.7. The third-order valence-electron chi connectivity index (χ3n) is 5.05. The third-order valence-corrected chi connectivity index (χ3v) is 5.05. The topological polar surface area (TPSA) is 23.6 Å². The zero-order chi connectivity index (χ0) is 17.2. The summed E-state index contributed by atoms with van der Waals surface area (Å²) >= 11 is 0. The van der Waals surface area contributed by atoms with E-state index in [1.54, 1.807) is 0 Å². The quantitative estimate of drug-likeness (QED) is 0.810. The number of amides is 1. The fraction of sp³-hybridized carbons (Fsp3) is 0.381. The van der Waals surface area contributed by atoms with Crippen LogP contribution >= 0.6 is 0 Å². The van der Waals surface area contributed by atoms with E-state index in [9.17, 15) is 4.79 Å². The Bertz CT molecular complexity index is 711. The van der Waals surface area contributed by atoms with E-state index in [4.69, 9.17) is 0 Å². The summed E-state index contributed by atoms with van der Waals surface area (Å²) in [6.07, 6.45) is 1.75. The molecule has 1 heterocycles. The lowest BCUT2D eigenvalue weighted by atomic mass is 9.73. The molecule has 0 radical (unpaired) electrons. The maximum Gasteiger partial charge on any atom is 0.242 e. The van der Waals surface area contributed by atoms with Crippen molar-refractivity contribution in [3.63, 3.8) is 0 Å². The first-order valence-electron chi connectivity index (χ1n) is 8.73. The highest BCUT2D eigenvalue weighted by atomic mass is 16.2. The van der Waals surface area contributed by atoms with Gasteiger partial charge in [-0.15, -0.1) is 0 Å². The number of hydrogen-bond acceptors (Lipinski definition) is 2. The minimum atomic E-state index is -0.546. The van der Waals surface area contributed by atoms with Crippen LogP contribution in [-0.2, 0) is 10.2 Å². The molecule has 0 bridgehead atoms. The van der Waals surface area contributed by atoms with Crippen LogP contribution in [0.15, 0.2) is 54.6 Å². The number of para-hydroxylation sites is 1. The van der Waals surface area contributed by atoms with Crippen molar-refractivity contribution in [1.82, 2.24) is 4.90 Å². The molecular formula is C21H26N2O. The summed E-state index contributed by atoms with van der Waals surface area (Å²) in [4.78, 5) is 17.7. The van der Waals surface area contributed by atoms with E-state index in [1.807, 2.05) is 35.2 Å². The Morgan fingerprint density at radius 1 is 1.00 bits per heavy atom. The van der Waals surface area contributed by atoms with E-state index in [0.717, 1.165) is 42.7 Å². The molecule has 0 saturated heterocycles. The summed E-state index contributed by atoms with van der Waals surface area (Å²) in [5.74, 6) is 0.219. The van der Waals surface area contributed by atoms with Crippen LogP contribution < -0.4 is 4.90 Å².